The van der Waals surface area contributed by atoms with Crippen molar-refractivity contribution in [2.24, 2.45) is 16.7 Å². The van der Waals surface area contributed by atoms with Crippen LogP contribution in [0.2, 0.25) is 0 Å². The average Bonchev–Trinajstić information content (AvgIpc) is 2.88. The van der Waals surface area contributed by atoms with Gasteiger partial charge in [0.2, 0.25) is 5.91 Å². The number of hydrogen-bond donors (Lipinski definition) is 2. The van der Waals surface area contributed by atoms with Crippen LogP contribution in [-0.2, 0) is 4.79 Å². The lowest BCUT2D eigenvalue weighted by molar-refractivity contribution is -0.128. The van der Waals surface area contributed by atoms with Gasteiger partial charge in [-0.2, -0.15) is 15.8 Å². The molecule has 1 saturated heterocycles. The summed E-state index contributed by atoms with van der Waals surface area (Å²) in [4.78, 5) is 12.7. The number of nitrogens with zero attached hydrogens (tertiary/aromatic N) is 3. The lowest BCUT2D eigenvalue weighted by atomic mass is 9.48. The summed E-state index contributed by atoms with van der Waals surface area (Å²) in [5, 5.41) is 43.5. The van der Waals surface area contributed by atoms with E-state index in [-0.39, 0.29) is 6.42 Å². The standard InChI is InChI=1S/C19H18N4O2/c1-2-6-14-15(13-7-4-3-5-8-13)18(11-21,12-22)17(10-20)9-19(14,25)23-16(17)24/h3-5,7-8,14-15,25H,2,6,9H2,1H3,(H,23,24)/t14-,15+,17-,19-/m0/s1. The quantitative estimate of drug-likeness (QED) is 0.875. The van der Waals surface area contributed by atoms with Crippen molar-refractivity contribution in [2.45, 2.75) is 37.8 Å². The number of nitriles is 3. The second-order valence-corrected chi connectivity index (χ2v) is 6.89. The number of carbonyl (C=O) groups is 1. The number of hydrogen-bond acceptors (Lipinski definition) is 5. The molecule has 1 aliphatic heterocycles. The second kappa shape index (κ2) is 5.59. The Bertz CT molecular complexity index is 818. The monoisotopic (exact) mass is 334 g/mol. The van der Waals surface area contributed by atoms with E-state index in [1.165, 1.54) is 0 Å². The normalized spacial score (nSPS) is 35.1. The van der Waals surface area contributed by atoms with Crippen molar-refractivity contribution in [2.75, 3.05) is 0 Å². The van der Waals surface area contributed by atoms with Gasteiger partial charge in [0.15, 0.2) is 10.8 Å². The van der Waals surface area contributed by atoms with Gasteiger partial charge in [-0.15, -0.1) is 0 Å². The van der Waals surface area contributed by atoms with E-state index in [4.69, 9.17) is 0 Å². The van der Waals surface area contributed by atoms with E-state index in [0.29, 0.717) is 18.4 Å². The lowest BCUT2D eigenvalue weighted by Crippen LogP contribution is -2.57. The van der Waals surface area contributed by atoms with Crippen LogP contribution >= 0.6 is 0 Å². The molecule has 2 N–H and O–H groups in total. The third-order valence-electron chi connectivity index (χ3n) is 5.71. The van der Waals surface area contributed by atoms with Crippen LogP contribution in [0.25, 0.3) is 0 Å². The Morgan fingerprint density at radius 2 is 1.84 bits per heavy atom. The summed E-state index contributed by atoms with van der Waals surface area (Å²) in [6.45, 7) is 1.94. The van der Waals surface area contributed by atoms with Crippen LogP contribution in [0.4, 0.5) is 0 Å². The molecule has 1 saturated carbocycles. The van der Waals surface area contributed by atoms with E-state index in [0.717, 1.165) is 0 Å². The summed E-state index contributed by atoms with van der Waals surface area (Å²) in [5.41, 5.74) is -4.68. The zero-order valence-corrected chi connectivity index (χ0v) is 13.9. The zero-order chi connectivity index (χ0) is 18.3. The SMILES string of the molecule is CCC[C@H]1[C@@H](c2ccccc2)C(C#N)(C#N)[C@]2(C#N)C[C@@]1(O)NC2=O. The Morgan fingerprint density at radius 3 is 2.36 bits per heavy atom. The molecule has 4 atom stereocenters. The highest BCUT2D eigenvalue weighted by atomic mass is 16.3. The molecule has 1 aromatic rings. The van der Waals surface area contributed by atoms with Gasteiger partial charge in [0, 0.05) is 18.3 Å². The van der Waals surface area contributed by atoms with Crippen LogP contribution in [0.3, 0.4) is 0 Å². The van der Waals surface area contributed by atoms with Crippen LogP contribution in [0.1, 0.15) is 37.7 Å². The first kappa shape index (κ1) is 17.0. The lowest BCUT2D eigenvalue weighted by Gasteiger charge is -2.49. The number of benzene rings is 1. The molecule has 2 fully saturated rings. The molecular formula is C19H18N4O2. The molecule has 126 valence electrons. The van der Waals surface area contributed by atoms with Crippen LogP contribution in [0.5, 0.6) is 0 Å². The zero-order valence-electron chi connectivity index (χ0n) is 13.9. The van der Waals surface area contributed by atoms with E-state index < -0.39 is 34.3 Å². The minimum absolute atomic E-state index is 0.246. The predicted octanol–water partition coefficient (Wildman–Crippen LogP) is 1.95. The molecule has 6 heteroatoms. The number of carbonyl (C=O) groups excluding carboxylic acids is 1. The van der Waals surface area contributed by atoms with Gasteiger partial charge in [-0.25, -0.2) is 0 Å². The van der Waals surface area contributed by atoms with Crippen molar-refractivity contribution in [3.05, 3.63) is 35.9 Å². The fourth-order valence-electron chi connectivity index (χ4n) is 4.61. The maximum atomic E-state index is 12.7. The molecular weight excluding hydrogens is 316 g/mol. The predicted molar refractivity (Wildman–Crippen MR) is 87.0 cm³/mol. The maximum Gasteiger partial charge on any atom is 0.245 e. The molecule has 6 nitrogen and oxygen atoms in total. The number of amides is 1. The van der Waals surface area contributed by atoms with Gasteiger partial charge in [0.1, 0.15) is 5.72 Å². The third kappa shape index (κ3) is 1.94. The highest BCUT2D eigenvalue weighted by molar-refractivity contribution is 5.92. The van der Waals surface area contributed by atoms with Crippen molar-refractivity contribution in [3.8, 4) is 18.2 Å². The van der Waals surface area contributed by atoms with E-state index in [1.54, 1.807) is 24.3 Å². The van der Waals surface area contributed by atoms with Gasteiger partial charge >= 0.3 is 0 Å². The molecule has 0 aromatic heterocycles. The van der Waals surface area contributed by atoms with Crippen LogP contribution < -0.4 is 5.32 Å². The molecule has 0 spiro atoms. The first-order chi connectivity index (χ1) is 11.9. The highest BCUT2D eigenvalue weighted by Gasteiger charge is 2.76. The van der Waals surface area contributed by atoms with Gasteiger partial charge in [-0.1, -0.05) is 43.7 Å². The molecule has 3 rings (SSSR count). The summed E-state index contributed by atoms with van der Waals surface area (Å²) < 4.78 is 0. The summed E-state index contributed by atoms with van der Waals surface area (Å²) >= 11 is 0. The van der Waals surface area contributed by atoms with E-state index in [2.05, 4.69) is 5.32 Å². The fraction of sp³-hybridized carbons (Fsp3) is 0.474. The van der Waals surface area contributed by atoms with Gasteiger partial charge in [0.05, 0.1) is 18.2 Å². The van der Waals surface area contributed by atoms with E-state index in [1.807, 2.05) is 31.2 Å². The van der Waals surface area contributed by atoms with Gasteiger partial charge in [0.25, 0.3) is 0 Å². The molecule has 0 radical (unpaired) electrons. The molecule has 1 aromatic carbocycles. The number of fused-ring (bicyclic) bond motifs is 2. The number of nitrogens with one attached hydrogen (secondary N) is 1. The Balaban J connectivity index is 2.35. The fourth-order valence-corrected chi connectivity index (χ4v) is 4.61. The van der Waals surface area contributed by atoms with Gasteiger partial charge in [-0.05, 0) is 12.0 Å². The van der Waals surface area contributed by atoms with Crippen molar-refractivity contribution in [1.29, 1.82) is 15.8 Å². The topological polar surface area (TPSA) is 121 Å². The Hall–Kier alpha value is -2.88. The van der Waals surface area contributed by atoms with Crippen molar-refractivity contribution in [1.82, 2.24) is 5.32 Å². The molecule has 2 aliphatic rings. The first-order valence-corrected chi connectivity index (χ1v) is 8.28. The molecule has 0 unspecified atom stereocenters. The van der Waals surface area contributed by atoms with Crippen LogP contribution in [0.15, 0.2) is 30.3 Å². The summed E-state index contributed by atoms with van der Waals surface area (Å²) in [6.07, 6.45) is 0.978. The second-order valence-electron chi connectivity index (χ2n) is 6.89. The molecule has 1 aliphatic carbocycles. The molecule has 1 amide bonds. The van der Waals surface area contributed by atoms with Crippen LogP contribution in [0, 0.1) is 50.7 Å². The van der Waals surface area contributed by atoms with Gasteiger partial charge in [-0.3, -0.25) is 4.79 Å². The molecule has 1 heterocycles. The van der Waals surface area contributed by atoms with Crippen LogP contribution in [-0.4, -0.2) is 16.7 Å². The van der Waals surface area contributed by atoms with Crippen molar-refractivity contribution in [3.63, 3.8) is 0 Å². The largest absolute Gasteiger partial charge is 0.371 e. The highest BCUT2D eigenvalue weighted by Crippen LogP contribution is 2.65. The number of rotatable bonds is 3. The first-order valence-electron chi connectivity index (χ1n) is 8.28. The Kier molecular flexibility index (Phi) is 3.79. The molecule has 2 bridgehead atoms. The minimum atomic E-state index is -1.89. The Labute approximate surface area is 146 Å². The summed E-state index contributed by atoms with van der Waals surface area (Å²) in [7, 11) is 0. The summed E-state index contributed by atoms with van der Waals surface area (Å²) in [6, 6.07) is 14.9. The van der Waals surface area contributed by atoms with Crippen molar-refractivity contribution >= 4 is 5.91 Å². The number of aliphatic hydroxyl groups is 1. The van der Waals surface area contributed by atoms with E-state index in [9.17, 15) is 25.7 Å². The maximum absolute atomic E-state index is 12.7. The third-order valence-corrected chi connectivity index (χ3v) is 5.71. The summed E-state index contributed by atoms with van der Waals surface area (Å²) in [5.74, 6) is -2.02. The molecule has 25 heavy (non-hydrogen) atoms. The smallest absolute Gasteiger partial charge is 0.245 e. The average molecular weight is 334 g/mol. The van der Waals surface area contributed by atoms with Gasteiger partial charge < -0.3 is 10.4 Å². The minimum Gasteiger partial charge on any atom is -0.371 e. The van der Waals surface area contributed by atoms with E-state index >= 15 is 0 Å². The Morgan fingerprint density at radius 1 is 1.20 bits per heavy atom. The van der Waals surface area contributed by atoms with Crippen molar-refractivity contribution < 1.29 is 9.90 Å².